The summed E-state index contributed by atoms with van der Waals surface area (Å²) in [6, 6.07) is 0. The lowest BCUT2D eigenvalue weighted by Gasteiger charge is -2.02. The van der Waals surface area contributed by atoms with Gasteiger partial charge in [-0.25, -0.2) is 0 Å². The first-order valence-corrected chi connectivity index (χ1v) is 6.90. The molecule has 3 nitrogen and oxygen atoms in total. The number of esters is 1. The standard InChI is InChI=1S/C11H11ClFNO2S2/c1-2-3-4-16-8(15)5-7-9(12)10(14-6-17)11(13)18-7/h2-5H2,1H3. The first-order chi connectivity index (χ1) is 8.60. The lowest BCUT2D eigenvalue weighted by atomic mass is 10.3. The number of hydrogen-bond acceptors (Lipinski definition) is 5. The molecule has 1 aromatic rings. The van der Waals surface area contributed by atoms with Crippen LogP contribution in [0.3, 0.4) is 0 Å². The average Bonchev–Trinajstić information content (AvgIpc) is 2.58. The highest BCUT2D eigenvalue weighted by atomic mass is 35.5. The van der Waals surface area contributed by atoms with Gasteiger partial charge in [0.05, 0.1) is 23.2 Å². The zero-order chi connectivity index (χ0) is 13.5. The number of thiophene rings is 1. The second kappa shape index (κ2) is 7.59. The van der Waals surface area contributed by atoms with E-state index in [4.69, 9.17) is 16.3 Å². The molecule has 0 aromatic carbocycles. The van der Waals surface area contributed by atoms with E-state index in [0.717, 1.165) is 24.2 Å². The summed E-state index contributed by atoms with van der Waals surface area (Å²) in [6.45, 7) is 2.36. The minimum atomic E-state index is -0.575. The molecule has 18 heavy (non-hydrogen) atoms. The Morgan fingerprint density at radius 3 is 3.00 bits per heavy atom. The molecule has 0 saturated carbocycles. The number of ether oxygens (including phenoxy) is 1. The molecule has 1 heterocycles. The molecule has 0 bridgehead atoms. The Labute approximate surface area is 119 Å². The van der Waals surface area contributed by atoms with E-state index in [2.05, 4.69) is 17.2 Å². The number of carbonyl (C=O) groups is 1. The van der Waals surface area contributed by atoms with E-state index in [1.54, 1.807) is 0 Å². The van der Waals surface area contributed by atoms with Crippen molar-refractivity contribution in [1.82, 2.24) is 0 Å². The molecule has 0 aliphatic heterocycles. The van der Waals surface area contributed by atoms with Gasteiger partial charge in [-0.15, -0.1) is 11.3 Å². The Morgan fingerprint density at radius 2 is 2.39 bits per heavy atom. The summed E-state index contributed by atoms with van der Waals surface area (Å²) in [5.41, 5.74) is -0.0620. The molecule has 0 amide bonds. The summed E-state index contributed by atoms with van der Waals surface area (Å²) in [5, 5.41) is 1.57. The Balaban J connectivity index is 2.70. The number of halogens is 2. The normalized spacial score (nSPS) is 9.94. The number of isothiocyanates is 1. The van der Waals surface area contributed by atoms with Crippen LogP contribution >= 0.6 is 35.2 Å². The second-order valence-corrected chi connectivity index (χ2v) is 5.03. The predicted octanol–water partition coefficient (Wildman–Crippen LogP) is 4.16. The fourth-order valence-corrected chi connectivity index (χ4v) is 2.48. The van der Waals surface area contributed by atoms with Gasteiger partial charge in [0.2, 0.25) is 5.13 Å². The molecule has 0 fully saturated rings. The van der Waals surface area contributed by atoms with E-state index in [9.17, 15) is 9.18 Å². The Kier molecular flexibility index (Phi) is 6.43. The second-order valence-electron chi connectivity index (χ2n) is 3.42. The highest BCUT2D eigenvalue weighted by Crippen LogP contribution is 2.38. The van der Waals surface area contributed by atoms with Crippen LogP contribution in [0.2, 0.25) is 5.02 Å². The van der Waals surface area contributed by atoms with Crippen molar-refractivity contribution in [3.8, 4) is 0 Å². The Bertz CT molecular complexity index is 484. The van der Waals surface area contributed by atoms with Crippen molar-refractivity contribution in [2.75, 3.05) is 6.61 Å². The van der Waals surface area contributed by atoms with Crippen LogP contribution in [0.15, 0.2) is 4.99 Å². The number of nitrogens with zero attached hydrogens (tertiary/aromatic N) is 1. The van der Waals surface area contributed by atoms with E-state index in [1.807, 2.05) is 12.1 Å². The van der Waals surface area contributed by atoms with Crippen LogP contribution in [0.25, 0.3) is 0 Å². The van der Waals surface area contributed by atoms with E-state index >= 15 is 0 Å². The molecular formula is C11H11ClFNO2S2. The Hall–Kier alpha value is -0.810. The maximum absolute atomic E-state index is 13.4. The van der Waals surface area contributed by atoms with Gasteiger partial charge in [0, 0.05) is 4.88 Å². The van der Waals surface area contributed by atoms with E-state index < -0.39 is 11.1 Å². The smallest absolute Gasteiger partial charge is 0.311 e. The fraction of sp³-hybridized carbons (Fsp3) is 0.455. The molecule has 7 heteroatoms. The third-order valence-electron chi connectivity index (χ3n) is 2.07. The topological polar surface area (TPSA) is 38.7 Å². The van der Waals surface area contributed by atoms with Crippen molar-refractivity contribution < 1.29 is 13.9 Å². The summed E-state index contributed by atoms with van der Waals surface area (Å²) in [6.07, 6.45) is 1.69. The van der Waals surface area contributed by atoms with Crippen LogP contribution in [0.5, 0.6) is 0 Å². The minimum absolute atomic E-state index is 0.0584. The molecule has 1 rings (SSSR count). The van der Waals surface area contributed by atoms with Crippen LogP contribution in [0.1, 0.15) is 24.6 Å². The monoisotopic (exact) mass is 307 g/mol. The number of thiocarbonyl (C=S) groups is 1. The number of rotatable bonds is 6. The number of unbranched alkanes of at least 4 members (excludes halogenated alkanes) is 1. The zero-order valence-electron chi connectivity index (χ0n) is 9.66. The minimum Gasteiger partial charge on any atom is -0.465 e. The van der Waals surface area contributed by atoms with Crippen molar-refractivity contribution in [3.05, 3.63) is 15.0 Å². The number of carbonyl (C=O) groups excluding carboxylic acids is 1. The molecule has 0 aliphatic rings. The van der Waals surface area contributed by atoms with Crippen molar-refractivity contribution in [2.24, 2.45) is 4.99 Å². The van der Waals surface area contributed by atoms with Gasteiger partial charge in [-0.1, -0.05) is 24.9 Å². The fourth-order valence-electron chi connectivity index (χ4n) is 1.18. The maximum Gasteiger partial charge on any atom is 0.311 e. The maximum atomic E-state index is 13.4. The van der Waals surface area contributed by atoms with Gasteiger partial charge in [0.15, 0.2) is 0 Å². The largest absolute Gasteiger partial charge is 0.465 e. The van der Waals surface area contributed by atoms with Gasteiger partial charge in [-0.3, -0.25) is 4.79 Å². The molecule has 0 saturated heterocycles. The zero-order valence-corrected chi connectivity index (χ0v) is 12.1. The molecule has 0 spiro atoms. The van der Waals surface area contributed by atoms with Gasteiger partial charge in [0.1, 0.15) is 5.69 Å². The lowest BCUT2D eigenvalue weighted by molar-refractivity contribution is -0.142. The van der Waals surface area contributed by atoms with E-state index in [-0.39, 0.29) is 17.1 Å². The third kappa shape index (κ3) is 4.14. The van der Waals surface area contributed by atoms with Crippen LogP contribution in [-0.4, -0.2) is 17.7 Å². The highest BCUT2D eigenvalue weighted by molar-refractivity contribution is 7.78. The number of aliphatic imine (C=N–C) groups is 1. The average molecular weight is 308 g/mol. The van der Waals surface area contributed by atoms with Crippen molar-refractivity contribution in [3.63, 3.8) is 0 Å². The summed E-state index contributed by atoms with van der Waals surface area (Å²) in [4.78, 5) is 15.4. The molecule has 0 radical (unpaired) electrons. The Morgan fingerprint density at radius 1 is 1.67 bits per heavy atom. The van der Waals surface area contributed by atoms with Crippen molar-refractivity contribution >= 4 is 52.0 Å². The molecule has 0 aliphatic carbocycles. The van der Waals surface area contributed by atoms with Gasteiger partial charge >= 0.3 is 5.97 Å². The van der Waals surface area contributed by atoms with Crippen LogP contribution < -0.4 is 0 Å². The molecule has 1 aromatic heterocycles. The van der Waals surface area contributed by atoms with Crippen molar-refractivity contribution in [2.45, 2.75) is 26.2 Å². The van der Waals surface area contributed by atoms with Gasteiger partial charge in [0.25, 0.3) is 0 Å². The molecule has 98 valence electrons. The third-order valence-corrected chi connectivity index (χ3v) is 3.65. The van der Waals surface area contributed by atoms with Crippen LogP contribution in [0.4, 0.5) is 10.1 Å². The first kappa shape index (κ1) is 15.2. The van der Waals surface area contributed by atoms with E-state index in [0.29, 0.717) is 11.5 Å². The molecule has 0 atom stereocenters. The predicted molar refractivity (Wildman–Crippen MR) is 73.5 cm³/mol. The van der Waals surface area contributed by atoms with Crippen molar-refractivity contribution in [1.29, 1.82) is 0 Å². The lowest BCUT2D eigenvalue weighted by Crippen LogP contribution is -2.08. The van der Waals surface area contributed by atoms with Crippen LogP contribution in [0, 0.1) is 5.13 Å². The summed E-state index contributed by atoms with van der Waals surface area (Å²) < 4.78 is 18.4. The van der Waals surface area contributed by atoms with Gasteiger partial charge in [-0.2, -0.15) is 9.38 Å². The highest BCUT2D eigenvalue weighted by Gasteiger charge is 2.19. The summed E-state index contributed by atoms with van der Waals surface area (Å²) >= 11 is 11.1. The van der Waals surface area contributed by atoms with E-state index in [1.165, 1.54) is 0 Å². The molecule has 0 unspecified atom stereocenters. The van der Waals surface area contributed by atoms with Crippen LogP contribution in [-0.2, 0) is 16.0 Å². The quantitative estimate of drug-likeness (QED) is 0.343. The summed E-state index contributed by atoms with van der Waals surface area (Å²) in [7, 11) is 0. The SMILES string of the molecule is CCCCOC(=O)Cc1sc(F)c(N=C=S)c1Cl. The van der Waals surface area contributed by atoms with Gasteiger partial charge in [-0.05, 0) is 18.6 Å². The van der Waals surface area contributed by atoms with Gasteiger partial charge < -0.3 is 4.74 Å². The molecule has 0 N–H and O–H groups in total. The first-order valence-electron chi connectivity index (χ1n) is 5.30. The molecular weight excluding hydrogens is 297 g/mol. The summed E-state index contributed by atoms with van der Waals surface area (Å²) in [5.74, 6) is -0.426. The number of hydrogen-bond donors (Lipinski definition) is 0.